The normalized spacial score (nSPS) is 18.1. The zero-order chi connectivity index (χ0) is 16.7. The lowest BCUT2D eigenvalue weighted by Gasteiger charge is -2.33. The maximum Gasteiger partial charge on any atom is 0.240 e. The highest BCUT2D eigenvalue weighted by molar-refractivity contribution is 5.97. The number of amides is 2. The Balaban J connectivity index is 1.90. The van der Waals surface area contributed by atoms with E-state index in [0.29, 0.717) is 32.8 Å². The van der Waals surface area contributed by atoms with Crippen LogP contribution in [-0.2, 0) is 14.3 Å². The summed E-state index contributed by atoms with van der Waals surface area (Å²) in [5.74, 6) is -0.0977. The van der Waals surface area contributed by atoms with E-state index in [1.807, 2.05) is 37.3 Å². The number of carbonyl (C=O) groups excluding carboxylic acids is 2. The van der Waals surface area contributed by atoms with E-state index in [4.69, 9.17) is 4.74 Å². The van der Waals surface area contributed by atoms with Gasteiger partial charge in [-0.3, -0.25) is 9.59 Å². The van der Waals surface area contributed by atoms with Crippen LogP contribution in [0.4, 0.5) is 5.69 Å². The maximum absolute atomic E-state index is 12.5. The number of piperazine rings is 1. The molecule has 1 atom stereocenters. The largest absolute Gasteiger partial charge is 0.380 e. The second-order valence-corrected chi connectivity index (χ2v) is 5.52. The fraction of sp³-hybridized carbons (Fsp3) is 0.529. The molecule has 0 aliphatic carbocycles. The molecule has 0 aromatic heterocycles. The van der Waals surface area contributed by atoms with Crippen LogP contribution in [0, 0.1) is 0 Å². The number of nitrogens with one attached hydrogen (secondary N) is 1. The summed E-state index contributed by atoms with van der Waals surface area (Å²) in [5, 5.41) is 3.15. The first-order chi connectivity index (χ1) is 11.1. The van der Waals surface area contributed by atoms with Crippen molar-refractivity contribution in [3.05, 3.63) is 30.3 Å². The van der Waals surface area contributed by atoms with Crippen molar-refractivity contribution in [3.8, 4) is 0 Å². The van der Waals surface area contributed by atoms with E-state index < -0.39 is 6.04 Å². The van der Waals surface area contributed by atoms with Crippen LogP contribution in [0.5, 0.6) is 0 Å². The summed E-state index contributed by atoms with van der Waals surface area (Å²) in [6, 6.07) is 8.98. The molecule has 2 amide bonds. The summed E-state index contributed by atoms with van der Waals surface area (Å²) < 4.78 is 5.31. The van der Waals surface area contributed by atoms with E-state index in [1.54, 1.807) is 16.8 Å². The number of hydrogen-bond donors (Lipinski definition) is 1. The SMILES string of the molecule is CCOCCN1CCNC(CC(=O)N(C)c2ccccc2)C1=O. The van der Waals surface area contributed by atoms with Crippen LogP contribution >= 0.6 is 0 Å². The number of para-hydroxylation sites is 1. The van der Waals surface area contributed by atoms with Gasteiger partial charge in [-0.2, -0.15) is 0 Å². The van der Waals surface area contributed by atoms with E-state index in [9.17, 15) is 9.59 Å². The van der Waals surface area contributed by atoms with Crippen molar-refractivity contribution in [2.45, 2.75) is 19.4 Å². The van der Waals surface area contributed by atoms with Gasteiger partial charge in [-0.15, -0.1) is 0 Å². The quantitative estimate of drug-likeness (QED) is 0.758. The summed E-state index contributed by atoms with van der Waals surface area (Å²) in [4.78, 5) is 28.2. The fourth-order valence-corrected chi connectivity index (χ4v) is 2.60. The average Bonchev–Trinajstić information content (AvgIpc) is 2.58. The van der Waals surface area contributed by atoms with E-state index in [1.165, 1.54) is 0 Å². The Morgan fingerprint density at radius 1 is 1.39 bits per heavy atom. The molecule has 1 fully saturated rings. The predicted molar refractivity (Wildman–Crippen MR) is 89.3 cm³/mol. The Hall–Kier alpha value is -1.92. The van der Waals surface area contributed by atoms with Gasteiger partial charge >= 0.3 is 0 Å². The van der Waals surface area contributed by atoms with E-state index in [0.717, 1.165) is 5.69 Å². The van der Waals surface area contributed by atoms with E-state index >= 15 is 0 Å². The number of carbonyl (C=O) groups is 2. The van der Waals surface area contributed by atoms with E-state index in [2.05, 4.69) is 5.32 Å². The molecule has 0 radical (unpaired) electrons. The molecule has 6 heteroatoms. The second-order valence-electron chi connectivity index (χ2n) is 5.52. The lowest BCUT2D eigenvalue weighted by molar-refractivity contribution is -0.138. The van der Waals surface area contributed by atoms with Crippen LogP contribution in [0.15, 0.2) is 30.3 Å². The van der Waals surface area contributed by atoms with Crippen LogP contribution in [-0.4, -0.2) is 62.7 Å². The van der Waals surface area contributed by atoms with Crippen molar-refractivity contribution < 1.29 is 14.3 Å². The molecule has 2 rings (SSSR count). The lowest BCUT2D eigenvalue weighted by Crippen LogP contribution is -2.56. The minimum Gasteiger partial charge on any atom is -0.380 e. The predicted octanol–water partition coefficient (Wildman–Crippen LogP) is 0.876. The van der Waals surface area contributed by atoms with Crippen molar-refractivity contribution in [2.75, 3.05) is 44.8 Å². The first kappa shape index (κ1) is 17.4. The number of ether oxygens (including phenoxy) is 1. The molecule has 1 heterocycles. The number of benzene rings is 1. The van der Waals surface area contributed by atoms with Crippen molar-refractivity contribution in [3.63, 3.8) is 0 Å². The molecule has 1 saturated heterocycles. The van der Waals surface area contributed by atoms with Gasteiger partial charge in [-0.1, -0.05) is 18.2 Å². The van der Waals surface area contributed by atoms with Gasteiger partial charge in [0.15, 0.2) is 0 Å². The highest BCUT2D eigenvalue weighted by atomic mass is 16.5. The highest BCUT2D eigenvalue weighted by Gasteiger charge is 2.30. The summed E-state index contributed by atoms with van der Waals surface area (Å²) >= 11 is 0. The molecule has 0 saturated carbocycles. The average molecular weight is 319 g/mol. The molecular formula is C17H25N3O3. The molecule has 1 aromatic carbocycles. The molecule has 1 N–H and O–H groups in total. The molecule has 1 unspecified atom stereocenters. The zero-order valence-electron chi connectivity index (χ0n) is 13.8. The molecule has 0 bridgehead atoms. The second kappa shape index (κ2) is 8.64. The van der Waals surface area contributed by atoms with Gasteiger partial charge in [-0.25, -0.2) is 0 Å². The summed E-state index contributed by atoms with van der Waals surface area (Å²) in [5.41, 5.74) is 0.828. The lowest BCUT2D eigenvalue weighted by atomic mass is 10.1. The Labute approximate surface area is 137 Å². The first-order valence-electron chi connectivity index (χ1n) is 8.05. The first-order valence-corrected chi connectivity index (χ1v) is 8.05. The van der Waals surface area contributed by atoms with Gasteiger partial charge in [0.25, 0.3) is 0 Å². The van der Waals surface area contributed by atoms with Crippen molar-refractivity contribution in [2.24, 2.45) is 0 Å². The third-order valence-electron chi connectivity index (χ3n) is 3.99. The number of hydrogen-bond acceptors (Lipinski definition) is 4. The Morgan fingerprint density at radius 3 is 2.83 bits per heavy atom. The van der Waals surface area contributed by atoms with E-state index in [-0.39, 0.29) is 18.2 Å². The maximum atomic E-state index is 12.5. The smallest absolute Gasteiger partial charge is 0.240 e. The molecule has 1 aromatic rings. The van der Waals surface area contributed by atoms with Crippen LogP contribution in [0.3, 0.4) is 0 Å². The molecule has 6 nitrogen and oxygen atoms in total. The number of nitrogens with zero attached hydrogens (tertiary/aromatic N) is 2. The summed E-state index contributed by atoms with van der Waals surface area (Å²) in [7, 11) is 1.73. The van der Waals surface area contributed by atoms with Gasteiger partial charge in [0.1, 0.15) is 0 Å². The van der Waals surface area contributed by atoms with Crippen LogP contribution < -0.4 is 10.2 Å². The Kier molecular flexibility index (Phi) is 6.55. The van der Waals surface area contributed by atoms with Crippen molar-refractivity contribution >= 4 is 17.5 Å². The summed E-state index contributed by atoms with van der Waals surface area (Å²) in [6.07, 6.45) is 0.162. The zero-order valence-corrected chi connectivity index (χ0v) is 13.8. The third kappa shape index (κ3) is 4.77. The minimum atomic E-state index is -0.455. The molecule has 126 valence electrons. The molecular weight excluding hydrogens is 294 g/mol. The third-order valence-corrected chi connectivity index (χ3v) is 3.99. The molecule has 1 aliphatic heterocycles. The van der Waals surface area contributed by atoms with Gasteiger partial charge < -0.3 is 19.9 Å². The van der Waals surface area contributed by atoms with Crippen molar-refractivity contribution in [1.82, 2.24) is 10.2 Å². The van der Waals surface area contributed by atoms with Gasteiger partial charge in [0.05, 0.1) is 19.1 Å². The standard InChI is InChI=1S/C17H25N3O3/c1-3-23-12-11-20-10-9-18-15(17(20)22)13-16(21)19(2)14-7-5-4-6-8-14/h4-8,15,18H,3,9-13H2,1-2H3. The Morgan fingerprint density at radius 2 is 2.13 bits per heavy atom. The number of anilines is 1. The van der Waals surface area contributed by atoms with Crippen molar-refractivity contribution in [1.29, 1.82) is 0 Å². The van der Waals surface area contributed by atoms with Crippen LogP contribution in [0.1, 0.15) is 13.3 Å². The number of rotatable bonds is 7. The molecule has 1 aliphatic rings. The molecule has 23 heavy (non-hydrogen) atoms. The monoisotopic (exact) mass is 319 g/mol. The topological polar surface area (TPSA) is 61.9 Å². The minimum absolute atomic E-state index is 0.0224. The highest BCUT2D eigenvalue weighted by Crippen LogP contribution is 2.14. The molecule has 0 spiro atoms. The van der Waals surface area contributed by atoms with Gasteiger partial charge in [-0.05, 0) is 19.1 Å². The fourth-order valence-electron chi connectivity index (χ4n) is 2.60. The van der Waals surface area contributed by atoms with Gasteiger partial charge in [0, 0.05) is 39.0 Å². The summed E-state index contributed by atoms with van der Waals surface area (Å²) in [6.45, 7) is 5.04. The Bertz CT molecular complexity index is 521. The van der Waals surface area contributed by atoms with Crippen LogP contribution in [0.25, 0.3) is 0 Å². The van der Waals surface area contributed by atoms with Gasteiger partial charge in [0.2, 0.25) is 11.8 Å². The van der Waals surface area contributed by atoms with Crippen LogP contribution in [0.2, 0.25) is 0 Å².